The second-order valence-corrected chi connectivity index (χ2v) is 6.93. The molecule has 1 aliphatic rings. The molecule has 0 heterocycles. The van der Waals surface area contributed by atoms with Gasteiger partial charge in [-0.25, -0.2) is 4.39 Å². The minimum absolute atomic E-state index is 0.0365. The van der Waals surface area contributed by atoms with Gasteiger partial charge in [-0.15, -0.1) is 0 Å². The Balaban J connectivity index is 1.71. The Morgan fingerprint density at radius 1 is 1.00 bits per heavy atom. The maximum Gasteiger partial charge on any atom is 0.126 e. The van der Waals surface area contributed by atoms with E-state index in [1.54, 1.807) is 6.07 Å². The summed E-state index contributed by atoms with van der Waals surface area (Å²) in [7, 11) is 0. The zero-order chi connectivity index (χ0) is 15.1. The molecule has 0 radical (unpaired) electrons. The summed E-state index contributed by atoms with van der Waals surface area (Å²) >= 11 is 0. The van der Waals surface area contributed by atoms with Crippen LogP contribution >= 0.6 is 0 Å². The smallest absolute Gasteiger partial charge is 0.126 e. The summed E-state index contributed by atoms with van der Waals surface area (Å²) in [5.41, 5.74) is 1.99. The molecule has 0 aromatic heterocycles. The van der Waals surface area contributed by atoms with E-state index >= 15 is 0 Å². The molecule has 0 saturated heterocycles. The maximum atomic E-state index is 13.7. The molecule has 0 spiro atoms. The van der Waals surface area contributed by atoms with Crippen LogP contribution in [-0.2, 0) is 0 Å². The lowest BCUT2D eigenvalue weighted by atomic mass is 9.77. The molecule has 0 bridgehead atoms. The molecule has 1 aromatic rings. The molecule has 0 unspecified atom stereocenters. The second-order valence-electron chi connectivity index (χ2n) is 6.93. The normalized spacial score (nSPS) is 22.4. The van der Waals surface area contributed by atoms with Crippen LogP contribution in [-0.4, -0.2) is 0 Å². The fourth-order valence-corrected chi connectivity index (χ4v) is 3.68. The average Bonchev–Trinajstić information content (AvgIpc) is 2.50. The van der Waals surface area contributed by atoms with E-state index in [1.165, 1.54) is 69.8 Å². The molecule has 1 fully saturated rings. The Morgan fingerprint density at radius 3 is 2.38 bits per heavy atom. The van der Waals surface area contributed by atoms with E-state index in [-0.39, 0.29) is 5.82 Å². The van der Waals surface area contributed by atoms with Crippen molar-refractivity contribution in [3.05, 3.63) is 35.1 Å². The SMILES string of the molecule is CCCCCCCC1CCC(c2ccc(C)c(F)c2)CC1. The molecule has 2 rings (SSSR count). The van der Waals surface area contributed by atoms with Gasteiger partial charge in [-0.3, -0.25) is 0 Å². The van der Waals surface area contributed by atoms with E-state index in [9.17, 15) is 4.39 Å². The molecule has 0 amide bonds. The van der Waals surface area contributed by atoms with Crippen LogP contribution in [0.25, 0.3) is 0 Å². The number of hydrogen-bond acceptors (Lipinski definition) is 0. The van der Waals surface area contributed by atoms with Crippen LogP contribution < -0.4 is 0 Å². The molecular formula is C20H31F. The number of unbranched alkanes of at least 4 members (excludes halogenated alkanes) is 4. The van der Waals surface area contributed by atoms with Crippen molar-refractivity contribution >= 4 is 0 Å². The lowest BCUT2D eigenvalue weighted by Crippen LogP contribution is -2.13. The van der Waals surface area contributed by atoms with Crippen LogP contribution in [0.1, 0.15) is 88.2 Å². The first-order valence-electron chi connectivity index (χ1n) is 8.96. The summed E-state index contributed by atoms with van der Waals surface area (Å²) in [5.74, 6) is 1.49. The monoisotopic (exact) mass is 290 g/mol. The summed E-state index contributed by atoms with van der Waals surface area (Å²) in [6, 6.07) is 5.84. The minimum atomic E-state index is -0.0365. The number of halogens is 1. The number of benzene rings is 1. The highest BCUT2D eigenvalue weighted by Gasteiger charge is 2.22. The standard InChI is InChI=1S/C20H31F/c1-3-4-5-6-7-8-17-10-13-18(14-11-17)19-12-9-16(2)20(21)15-19/h9,12,15,17-18H,3-8,10-11,13-14H2,1-2H3. The lowest BCUT2D eigenvalue weighted by Gasteiger charge is -2.29. The molecule has 21 heavy (non-hydrogen) atoms. The van der Waals surface area contributed by atoms with Crippen LogP contribution in [0.3, 0.4) is 0 Å². The Morgan fingerprint density at radius 2 is 1.71 bits per heavy atom. The largest absolute Gasteiger partial charge is 0.207 e. The molecule has 1 saturated carbocycles. The predicted molar refractivity (Wildman–Crippen MR) is 89.2 cm³/mol. The van der Waals surface area contributed by atoms with Crippen molar-refractivity contribution < 1.29 is 4.39 Å². The van der Waals surface area contributed by atoms with Gasteiger partial charge in [-0.1, -0.05) is 57.6 Å². The van der Waals surface area contributed by atoms with Crippen LogP contribution in [0.4, 0.5) is 4.39 Å². The van der Waals surface area contributed by atoms with Gasteiger partial charge in [0, 0.05) is 0 Å². The topological polar surface area (TPSA) is 0 Å². The Kier molecular flexibility index (Phi) is 6.73. The molecular weight excluding hydrogens is 259 g/mol. The van der Waals surface area contributed by atoms with Crippen molar-refractivity contribution in [3.63, 3.8) is 0 Å². The predicted octanol–water partition coefficient (Wildman–Crippen LogP) is 6.77. The average molecular weight is 290 g/mol. The lowest BCUT2D eigenvalue weighted by molar-refractivity contribution is 0.301. The number of aryl methyl sites for hydroxylation is 1. The quantitative estimate of drug-likeness (QED) is 0.486. The van der Waals surface area contributed by atoms with Crippen molar-refractivity contribution in [2.24, 2.45) is 5.92 Å². The second kappa shape index (κ2) is 8.56. The van der Waals surface area contributed by atoms with Crippen molar-refractivity contribution in [2.75, 3.05) is 0 Å². The number of rotatable bonds is 7. The van der Waals surface area contributed by atoms with Gasteiger partial charge in [0.25, 0.3) is 0 Å². The summed E-state index contributed by atoms with van der Waals surface area (Å²) in [6.07, 6.45) is 13.6. The Labute approximate surface area is 130 Å². The molecule has 0 N–H and O–H groups in total. The van der Waals surface area contributed by atoms with Crippen LogP contribution in [0.5, 0.6) is 0 Å². The molecule has 0 nitrogen and oxygen atoms in total. The zero-order valence-corrected chi connectivity index (χ0v) is 13.8. The van der Waals surface area contributed by atoms with Gasteiger partial charge >= 0.3 is 0 Å². The van der Waals surface area contributed by atoms with Gasteiger partial charge in [0.2, 0.25) is 0 Å². The van der Waals surface area contributed by atoms with E-state index in [0.717, 1.165) is 11.5 Å². The van der Waals surface area contributed by atoms with Crippen molar-refractivity contribution in [1.29, 1.82) is 0 Å². The van der Waals surface area contributed by atoms with Gasteiger partial charge in [-0.2, -0.15) is 0 Å². The van der Waals surface area contributed by atoms with E-state index in [0.29, 0.717) is 5.92 Å². The maximum absolute atomic E-state index is 13.7. The minimum Gasteiger partial charge on any atom is -0.207 e. The third-order valence-electron chi connectivity index (χ3n) is 5.23. The van der Waals surface area contributed by atoms with Gasteiger partial charge < -0.3 is 0 Å². The van der Waals surface area contributed by atoms with E-state index in [2.05, 4.69) is 13.0 Å². The Bertz CT molecular complexity index is 416. The summed E-state index contributed by atoms with van der Waals surface area (Å²) in [4.78, 5) is 0. The van der Waals surface area contributed by atoms with Crippen molar-refractivity contribution in [1.82, 2.24) is 0 Å². The highest BCUT2D eigenvalue weighted by molar-refractivity contribution is 5.26. The first kappa shape index (κ1) is 16.5. The highest BCUT2D eigenvalue weighted by atomic mass is 19.1. The van der Waals surface area contributed by atoms with E-state index < -0.39 is 0 Å². The van der Waals surface area contributed by atoms with E-state index in [4.69, 9.17) is 0 Å². The zero-order valence-electron chi connectivity index (χ0n) is 13.8. The van der Waals surface area contributed by atoms with E-state index in [1.807, 2.05) is 13.0 Å². The van der Waals surface area contributed by atoms with Gasteiger partial charge in [0.15, 0.2) is 0 Å². The molecule has 1 heteroatoms. The molecule has 1 aromatic carbocycles. The first-order valence-corrected chi connectivity index (χ1v) is 8.96. The van der Waals surface area contributed by atoms with Gasteiger partial charge in [0.1, 0.15) is 5.82 Å². The third-order valence-corrected chi connectivity index (χ3v) is 5.23. The number of hydrogen-bond donors (Lipinski definition) is 0. The summed E-state index contributed by atoms with van der Waals surface area (Å²) in [5, 5.41) is 0. The fraction of sp³-hybridized carbons (Fsp3) is 0.700. The summed E-state index contributed by atoms with van der Waals surface area (Å²) < 4.78 is 13.7. The Hall–Kier alpha value is -0.850. The van der Waals surface area contributed by atoms with Crippen molar-refractivity contribution in [3.8, 4) is 0 Å². The summed E-state index contributed by atoms with van der Waals surface area (Å²) in [6.45, 7) is 4.11. The van der Waals surface area contributed by atoms with Crippen LogP contribution in [0.2, 0.25) is 0 Å². The molecule has 0 aliphatic heterocycles. The molecule has 0 atom stereocenters. The van der Waals surface area contributed by atoms with Gasteiger partial charge in [-0.05, 0) is 61.6 Å². The third kappa shape index (κ3) is 5.13. The van der Waals surface area contributed by atoms with Crippen LogP contribution in [0, 0.1) is 18.7 Å². The first-order chi connectivity index (χ1) is 10.2. The van der Waals surface area contributed by atoms with Gasteiger partial charge in [0.05, 0.1) is 0 Å². The molecule has 118 valence electrons. The molecule has 1 aliphatic carbocycles. The highest BCUT2D eigenvalue weighted by Crippen LogP contribution is 2.38. The van der Waals surface area contributed by atoms with Crippen molar-refractivity contribution in [2.45, 2.75) is 84.0 Å². The van der Waals surface area contributed by atoms with Crippen LogP contribution in [0.15, 0.2) is 18.2 Å². The fourth-order valence-electron chi connectivity index (χ4n) is 3.68.